The first-order valence-electron chi connectivity index (χ1n) is 6.08. The van der Waals surface area contributed by atoms with E-state index in [2.05, 4.69) is 49.3 Å². The van der Waals surface area contributed by atoms with Gasteiger partial charge in [0.1, 0.15) is 0 Å². The second kappa shape index (κ2) is 6.65. The quantitative estimate of drug-likeness (QED) is 0.610. The number of aromatic nitrogens is 2. The largest absolute Gasteiger partial charge is 0.272 e. The van der Waals surface area contributed by atoms with E-state index >= 15 is 0 Å². The second-order valence-electron chi connectivity index (χ2n) is 4.34. The topological polar surface area (TPSA) is 55.9 Å². The van der Waals surface area contributed by atoms with Crippen LogP contribution in [0.3, 0.4) is 0 Å². The molecule has 0 bridgehead atoms. The summed E-state index contributed by atoms with van der Waals surface area (Å²) < 4.78 is 3.96. The van der Waals surface area contributed by atoms with Crippen LogP contribution in [0.5, 0.6) is 0 Å². The lowest BCUT2D eigenvalue weighted by Crippen LogP contribution is -2.28. The molecule has 0 amide bonds. The summed E-state index contributed by atoms with van der Waals surface area (Å²) in [5.74, 6) is 5.70. The number of hydrogen-bond acceptors (Lipinski definition) is 3. The average Bonchev–Trinajstić information content (AvgIpc) is 2.78. The van der Waals surface area contributed by atoms with Crippen molar-refractivity contribution in [3.05, 3.63) is 50.7 Å². The average molecular weight is 388 g/mol. The Morgan fingerprint density at radius 3 is 2.53 bits per heavy atom. The van der Waals surface area contributed by atoms with Crippen LogP contribution in [0.4, 0.5) is 0 Å². The Morgan fingerprint density at radius 2 is 1.95 bits per heavy atom. The van der Waals surface area contributed by atoms with Crippen molar-refractivity contribution in [1.82, 2.24) is 15.2 Å². The molecule has 2 aromatic rings. The van der Waals surface area contributed by atoms with Crippen molar-refractivity contribution in [2.45, 2.75) is 25.9 Å². The molecule has 0 spiro atoms. The van der Waals surface area contributed by atoms with Crippen LogP contribution in [0.25, 0.3) is 0 Å². The first kappa shape index (κ1) is 14.7. The molecule has 1 heterocycles. The van der Waals surface area contributed by atoms with Gasteiger partial charge >= 0.3 is 0 Å². The predicted molar refractivity (Wildman–Crippen MR) is 83.5 cm³/mol. The van der Waals surface area contributed by atoms with Crippen molar-refractivity contribution in [3.63, 3.8) is 0 Å². The van der Waals surface area contributed by atoms with Crippen LogP contribution >= 0.6 is 31.9 Å². The molecule has 2 rings (SSSR count). The van der Waals surface area contributed by atoms with Gasteiger partial charge in [0.05, 0.1) is 12.2 Å². The molecule has 0 saturated heterocycles. The number of rotatable bonds is 5. The molecule has 1 unspecified atom stereocenters. The maximum absolute atomic E-state index is 5.70. The van der Waals surface area contributed by atoms with Crippen molar-refractivity contribution >= 4 is 31.9 Å². The van der Waals surface area contributed by atoms with E-state index in [1.807, 2.05) is 35.3 Å². The van der Waals surface area contributed by atoms with Crippen LogP contribution < -0.4 is 11.3 Å². The number of nitrogens with one attached hydrogen (secondary N) is 1. The smallest absolute Gasteiger partial charge is 0.0741 e. The van der Waals surface area contributed by atoms with Gasteiger partial charge in [-0.15, -0.1) is 0 Å². The number of nitrogens with two attached hydrogens (primary N) is 1. The van der Waals surface area contributed by atoms with Gasteiger partial charge in [-0.2, -0.15) is 5.10 Å². The van der Waals surface area contributed by atoms with E-state index in [-0.39, 0.29) is 6.04 Å². The summed E-state index contributed by atoms with van der Waals surface area (Å²) in [6.45, 7) is 3.05. The van der Waals surface area contributed by atoms with Gasteiger partial charge in [-0.25, -0.2) is 5.43 Å². The molecule has 0 fully saturated rings. The minimum atomic E-state index is -0.0700. The van der Waals surface area contributed by atoms with E-state index in [1.165, 1.54) is 0 Å². The summed E-state index contributed by atoms with van der Waals surface area (Å²) in [6.07, 6.45) is 4.95. The van der Waals surface area contributed by atoms with Gasteiger partial charge in [0, 0.05) is 27.3 Å². The van der Waals surface area contributed by atoms with Crippen molar-refractivity contribution in [2.24, 2.45) is 5.84 Å². The lowest BCUT2D eigenvalue weighted by Gasteiger charge is -2.15. The molecule has 0 radical (unpaired) electrons. The highest BCUT2D eigenvalue weighted by Gasteiger charge is 2.15. The van der Waals surface area contributed by atoms with Crippen LogP contribution in [0.15, 0.2) is 39.5 Å². The Morgan fingerprint density at radius 1 is 1.26 bits per heavy atom. The third-order valence-electron chi connectivity index (χ3n) is 2.82. The Labute approximate surface area is 129 Å². The Balaban J connectivity index is 2.32. The zero-order valence-electron chi connectivity index (χ0n) is 10.6. The molecule has 0 aliphatic heterocycles. The maximum atomic E-state index is 5.70. The number of hydrogen-bond donors (Lipinski definition) is 2. The minimum Gasteiger partial charge on any atom is -0.272 e. The molecule has 1 atom stereocenters. The molecular weight excluding hydrogens is 372 g/mol. The molecule has 0 aliphatic carbocycles. The number of hydrazine groups is 1. The van der Waals surface area contributed by atoms with Crippen molar-refractivity contribution in [1.29, 1.82) is 0 Å². The van der Waals surface area contributed by atoms with Crippen LogP contribution in [-0.2, 0) is 6.54 Å². The fourth-order valence-corrected chi connectivity index (χ4v) is 3.34. The van der Waals surface area contributed by atoms with E-state index in [1.54, 1.807) is 0 Å². The molecule has 1 aromatic carbocycles. The molecule has 19 heavy (non-hydrogen) atoms. The van der Waals surface area contributed by atoms with Crippen LogP contribution in [0.2, 0.25) is 0 Å². The number of aryl methyl sites for hydroxylation is 1. The van der Waals surface area contributed by atoms with Crippen LogP contribution in [0, 0.1) is 0 Å². The highest BCUT2D eigenvalue weighted by atomic mass is 79.9. The maximum Gasteiger partial charge on any atom is 0.0741 e. The van der Waals surface area contributed by atoms with Crippen LogP contribution in [-0.4, -0.2) is 9.78 Å². The number of halogens is 2. The first-order chi connectivity index (χ1) is 9.13. The monoisotopic (exact) mass is 386 g/mol. The standard InChI is InChI=1S/C13H16Br2N4/c1-2-3-19-8-10(7-17-19)13(18-16)9-4-11(14)6-12(15)5-9/h4-8,13,18H,2-3,16H2,1H3. The minimum absolute atomic E-state index is 0.0700. The first-order valence-corrected chi connectivity index (χ1v) is 7.67. The van der Waals surface area contributed by atoms with Crippen molar-refractivity contribution in [3.8, 4) is 0 Å². The molecule has 102 valence electrons. The summed E-state index contributed by atoms with van der Waals surface area (Å²) in [5, 5.41) is 4.34. The third-order valence-corrected chi connectivity index (χ3v) is 3.74. The van der Waals surface area contributed by atoms with E-state index < -0.39 is 0 Å². The normalized spacial score (nSPS) is 12.6. The molecule has 4 nitrogen and oxygen atoms in total. The highest BCUT2D eigenvalue weighted by molar-refractivity contribution is 9.11. The fourth-order valence-electron chi connectivity index (χ4n) is 2.01. The van der Waals surface area contributed by atoms with E-state index in [0.717, 1.165) is 33.0 Å². The summed E-state index contributed by atoms with van der Waals surface area (Å²) in [7, 11) is 0. The van der Waals surface area contributed by atoms with Gasteiger partial charge in [-0.05, 0) is 30.2 Å². The molecule has 1 aromatic heterocycles. The van der Waals surface area contributed by atoms with Gasteiger partial charge < -0.3 is 0 Å². The molecular formula is C13H16Br2N4. The van der Waals surface area contributed by atoms with E-state index in [0.29, 0.717) is 0 Å². The van der Waals surface area contributed by atoms with Crippen LogP contribution in [0.1, 0.15) is 30.5 Å². The molecule has 3 N–H and O–H groups in total. The number of benzene rings is 1. The third kappa shape index (κ3) is 3.66. The second-order valence-corrected chi connectivity index (χ2v) is 6.17. The lowest BCUT2D eigenvalue weighted by atomic mass is 10.0. The van der Waals surface area contributed by atoms with Gasteiger partial charge in [-0.3, -0.25) is 10.5 Å². The van der Waals surface area contributed by atoms with E-state index in [4.69, 9.17) is 5.84 Å². The molecule has 6 heteroatoms. The molecule has 0 saturated carbocycles. The van der Waals surface area contributed by atoms with Gasteiger partial charge in [0.15, 0.2) is 0 Å². The van der Waals surface area contributed by atoms with Crippen molar-refractivity contribution in [2.75, 3.05) is 0 Å². The lowest BCUT2D eigenvalue weighted by molar-refractivity contribution is 0.598. The Bertz CT molecular complexity index is 533. The molecule has 0 aliphatic rings. The Hall–Kier alpha value is -0.690. The van der Waals surface area contributed by atoms with Gasteiger partial charge in [-0.1, -0.05) is 38.8 Å². The Kier molecular flexibility index (Phi) is 5.15. The van der Waals surface area contributed by atoms with Gasteiger partial charge in [0.25, 0.3) is 0 Å². The van der Waals surface area contributed by atoms with E-state index in [9.17, 15) is 0 Å². The fraction of sp³-hybridized carbons (Fsp3) is 0.308. The zero-order chi connectivity index (χ0) is 13.8. The SMILES string of the molecule is CCCn1cc(C(NN)c2cc(Br)cc(Br)c2)cn1. The van der Waals surface area contributed by atoms with Crippen molar-refractivity contribution < 1.29 is 0 Å². The van der Waals surface area contributed by atoms with Gasteiger partial charge in [0.2, 0.25) is 0 Å². The predicted octanol–water partition coefficient (Wildman–Crippen LogP) is 3.37. The number of nitrogens with zero attached hydrogens (tertiary/aromatic N) is 2. The summed E-state index contributed by atoms with van der Waals surface area (Å²) in [4.78, 5) is 0. The highest BCUT2D eigenvalue weighted by Crippen LogP contribution is 2.27. The zero-order valence-corrected chi connectivity index (χ0v) is 13.8. The summed E-state index contributed by atoms with van der Waals surface area (Å²) >= 11 is 6.99. The summed E-state index contributed by atoms with van der Waals surface area (Å²) in [6, 6.07) is 6.02. The summed E-state index contributed by atoms with van der Waals surface area (Å²) in [5.41, 5.74) is 4.99.